The third kappa shape index (κ3) is 3.63. The zero-order valence-electron chi connectivity index (χ0n) is 18.3. The molecule has 0 fully saturated rings. The van der Waals surface area contributed by atoms with Crippen molar-refractivity contribution in [2.75, 3.05) is 11.1 Å². The van der Waals surface area contributed by atoms with Crippen LogP contribution in [0.3, 0.4) is 0 Å². The summed E-state index contributed by atoms with van der Waals surface area (Å²) in [5, 5.41) is 12.2. The molecule has 3 N–H and O–H groups in total. The lowest BCUT2D eigenvalue weighted by molar-refractivity contribution is 0.101. The molecule has 3 heterocycles. The fourth-order valence-electron chi connectivity index (χ4n) is 3.83. The van der Waals surface area contributed by atoms with E-state index in [1.165, 1.54) is 0 Å². The first-order chi connectivity index (χ1) is 16.1. The minimum atomic E-state index is -0.272. The Bertz CT molecular complexity index is 1460. The van der Waals surface area contributed by atoms with E-state index < -0.39 is 0 Å². The fraction of sp³-hybridized carbons (Fsp3) is 0.167. The second-order valence-electron chi connectivity index (χ2n) is 7.57. The number of rotatable bonds is 6. The Kier molecular flexibility index (Phi) is 5.14. The monoisotopic (exact) mass is 441 g/mol. The van der Waals surface area contributed by atoms with Crippen LogP contribution >= 0.6 is 0 Å². The number of carbonyl (C=O) groups excluding carboxylic acids is 1. The Morgan fingerprint density at radius 2 is 1.97 bits per heavy atom. The van der Waals surface area contributed by atoms with Crippen molar-refractivity contribution < 1.29 is 9.32 Å². The number of carbonyl (C=O) groups is 1. The molecule has 0 bridgehead atoms. The molecule has 0 aliphatic rings. The first-order valence-electron chi connectivity index (χ1n) is 10.8. The minimum absolute atomic E-state index is 0.272. The molecule has 0 saturated carbocycles. The number of benzene rings is 2. The topological polar surface area (TPSA) is 117 Å². The number of imidazole rings is 1. The van der Waals surface area contributed by atoms with Crippen molar-refractivity contribution in [3.8, 4) is 11.4 Å². The first-order valence-corrected chi connectivity index (χ1v) is 10.8. The van der Waals surface area contributed by atoms with Crippen LogP contribution in [0.5, 0.6) is 0 Å². The van der Waals surface area contributed by atoms with Crippen LogP contribution in [-0.2, 0) is 12.8 Å². The van der Waals surface area contributed by atoms with Crippen LogP contribution in [0, 0.1) is 0 Å². The van der Waals surface area contributed by atoms with Crippen LogP contribution in [0.25, 0.3) is 22.3 Å². The predicted molar refractivity (Wildman–Crippen MR) is 126 cm³/mol. The zero-order chi connectivity index (χ0) is 22.9. The number of hydrogen-bond acceptors (Lipinski definition) is 6. The normalized spacial score (nSPS) is 11.2. The quantitative estimate of drug-likeness (QED) is 0.409. The third-order valence-corrected chi connectivity index (χ3v) is 5.53. The summed E-state index contributed by atoms with van der Waals surface area (Å²) >= 11 is 0. The van der Waals surface area contributed by atoms with Crippen molar-refractivity contribution in [2.45, 2.75) is 26.7 Å². The van der Waals surface area contributed by atoms with Crippen molar-refractivity contribution in [1.29, 1.82) is 0 Å². The second kappa shape index (κ2) is 8.27. The highest BCUT2D eigenvalue weighted by molar-refractivity contribution is 6.04. The van der Waals surface area contributed by atoms with Crippen LogP contribution in [-0.4, -0.2) is 30.4 Å². The van der Waals surface area contributed by atoms with E-state index in [1.807, 2.05) is 61.0 Å². The molecule has 9 heteroatoms. The molecule has 3 aromatic heterocycles. The van der Waals surface area contributed by atoms with Gasteiger partial charge in [-0.25, -0.2) is 9.67 Å². The number of nitrogens with one attached hydrogen (secondary N) is 1. The summed E-state index contributed by atoms with van der Waals surface area (Å²) in [6, 6.07) is 14.9. The van der Waals surface area contributed by atoms with Gasteiger partial charge in [0.25, 0.3) is 5.91 Å². The maximum atomic E-state index is 13.4. The fourth-order valence-corrected chi connectivity index (χ4v) is 3.83. The predicted octanol–water partition coefficient (Wildman–Crippen LogP) is 4.16. The highest BCUT2D eigenvalue weighted by Crippen LogP contribution is 2.26. The molecule has 0 aliphatic carbocycles. The van der Waals surface area contributed by atoms with E-state index in [9.17, 15) is 4.79 Å². The average molecular weight is 441 g/mol. The van der Waals surface area contributed by atoms with E-state index in [1.54, 1.807) is 23.0 Å². The summed E-state index contributed by atoms with van der Waals surface area (Å²) in [6.07, 6.45) is 5.11. The van der Waals surface area contributed by atoms with Gasteiger partial charge >= 0.3 is 0 Å². The Morgan fingerprint density at radius 1 is 1.12 bits per heavy atom. The summed E-state index contributed by atoms with van der Waals surface area (Å²) in [6.45, 7) is 4.04. The van der Waals surface area contributed by atoms with E-state index in [4.69, 9.17) is 10.3 Å². The number of nitrogen functional groups attached to an aromatic ring is 1. The molecule has 1 amide bonds. The summed E-state index contributed by atoms with van der Waals surface area (Å²) in [5.41, 5.74) is 9.93. The van der Waals surface area contributed by atoms with Gasteiger partial charge in [-0.05, 0) is 42.8 Å². The lowest BCUT2D eigenvalue weighted by Crippen LogP contribution is -2.18. The molecular weight excluding hydrogens is 418 g/mol. The smallest absolute Gasteiger partial charge is 0.274 e. The SMILES string of the molecule is CCc1cc(C(=O)Nc2ccccc2-n2ccnc2CC)n(-c2ccc3onc(N)c3c2)n1. The van der Waals surface area contributed by atoms with Gasteiger partial charge in [0.15, 0.2) is 11.4 Å². The van der Waals surface area contributed by atoms with Crippen LogP contribution in [0.1, 0.15) is 35.9 Å². The Hall–Kier alpha value is -4.40. The molecule has 33 heavy (non-hydrogen) atoms. The van der Waals surface area contributed by atoms with Crippen molar-refractivity contribution in [1.82, 2.24) is 24.5 Å². The van der Waals surface area contributed by atoms with Gasteiger partial charge < -0.3 is 20.1 Å². The summed E-state index contributed by atoms with van der Waals surface area (Å²) in [5.74, 6) is 0.933. The van der Waals surface area contributed by atoms with Crippen LogP contribution in [0.4, 0.5) is 11.5 Å². The third-order valence-electron chi connectivity index (χ3n) is 5.53. The van der Waals surface area contributed by atoms with Gasteiger partial charge in [0.1, 0.15) is 11.5 Å². The molecule has 2 aromatic carbocycles. The highest BCUT2D eigenvalue weighted by atomic mass is 16.5. The van der Waals surface area contributed by atoms with Crippen molar-refractivity contribution in [3.05, 3.63) is 78.1 Å². The molecule has 0 unspecified atom stereocenters. The van der Waals surface area contributed by atoms with Crippen LogP contribution in [0.15, 0.2) is 65.4 Å². The Balaban J connectivity index is 1.54. The molecular formula is C24H23N7O2. The van der Waals surface area contributed by atoms with Crippen molar-refractivity contribution in [3.63, 3.8) is 0 Å². The van der Waals surface area contributed by atoms with Gasteiger partial charge in [-0.1, -0.05) is 31.1 Å². The van der Waals surface area contributed by atoms with E-state index in [-0.39, 0.29) is 5.91 Å². The van der Waals surface area contributed by atoms with Crippen molar-refractivity contribution in [2.24, 2.45) is 0 Å². The lowest BCUT2D eigenvalue weighted by atomic mass is 10.2. The number of hydrogen-bond donors (Lipinski definition) is 2. The maximum Gasteiger partial charge on any atom is 0.274 e. The maximum absolute atomic E-state index is 13.4. The molecule has 9 nitrogen and oxygen atoms in total. The number of nitrogens with zero attached hydrogens (tertiary/aromatic N) is 5. The van der Waals surface area contributed by atoms with E-state index in [0.717, 1.165) is 23.6 Å². The summed E-state index contributed by atoms with van der Waals surface area (Å²) < 4.78 is 8.80. The molecule has 0 atom stereocenters. The molecule has 5 aromatic rings. The number of para-hydroxylation sites is 2. The number of anilines is 2. The Morgan fingerprint density at radius 3 is 2.79 bits per heavy atom. The molecule has 166 valence electrons. The highest BCUT2D eigenvalue weighted by Gasteiger charge is 2.19. The number of aryl methyl sites for hydroxylation is 2. The standard InChI is InChI=1S/C24H23N7O2/c1-3-15-13-20(31(28-15)16-9-10-21-17(14-16)23(25)29-33-21)24(32)27-18-7-5-6-8-19(18)30-12-11-26-22(30)4-2/h5-14H,3-4H2,1-2H3,(H2,25,29)(H,27,32). The molecule has 0 saturated heterocycles. The lowest BCUT2D eigenvalue weighted by Gasteiger charge is -2.14. The zero-order valence-corrected chi connectivity index (χ0v) is 18.3. The number of aromatic nitrogens is 5. The molecule has 0 aliphatic heterocycles. The van der Waals surface area contributed by atoms with Gasteiger partial charge in [0, 0.05) is 18.8 Å². The second-order valence-corrected chi connectivity index (χ2v) is 7.57. The van der Waals surface area contributed by atoms with Crippen LogP contribution in [0.2, 0.25) is 0 Å². The number of nitrogens with two attached hydrogens (primary N) is 1. The largest absolute Gasteiger partial charge is 0.380 e. The number of amides is 1. The van der Waals surface area contributed by atoms with Crippen molar-refractivity contribution >= 4 is 28.4 Å². The van der Waals surface area contributed by atoms with Gasteiger partial charge in [0.05, 0.1) is 28.1 Å². The summed E-state index contributed by atoms with van der Waals surface area (Å²) in [7, 11) is 0. The molecule has 5 rings (SSSR count). The van der Waals surface area contributed by atoms with Gasteiger partial charge in [0.2, 0.25) is 0 Å². The average Bonchev–Trinajstić information content (AvgIpc) is 3.57. The van der Waals surface area contributed by atoms with Crippen LogP contribution < -0.4 is 11.1 Å². The van der Waals surface area contributed by atoms with E-state index >= 15 is 0 Å². The van der Waals surface area contributed by atoms with Gasteiger partial charge in [-0.15, -0.1) is 0 Å². The van der Waals surface area contributed by atoms with Gasteiger partial charge in [-0.2, -0.15) is 5.10 Å². The minimum Gasteiger partial charge on any atom is -0.380 e. The first kappa shape index (κ1) is 20.5. The Labute approximate surface area is 189 Å². The van der Waals surface area contributed by atoms with Gasteiger partial charge in [-0.3, -0.25) is 4.79 Å². The van der Waals surface area contributed by atoms with E-state index in [2.05, 4.69) is 20.6 Å². The number of fused-ring (bicyclic) bond motifs is 1. The van der Waals surface area contributed by atoms with E-state index in [0.29, 0.717) is 40.3 Å². The molecule has 0 spiro atoms. The summed E-state index contributed by atoms with van der Waals surface area (Å²) in [4.78, 5) is 17.8. The molecule has 0 radical (unpaired) electrons.